The summed E-state index contributed by atoms with van der Waals surface area (Å²) in [5.41, 5.74) is 7.28. The van der Waals surface area contributed by atoms with E-state index < -0.39 is 0 Å². The lowest BCUT2D eigenvalue weighted by Crippen LogP contribution is -2.29. The third-order valence-electron chi connectivity index (χ3n) is 2.69. The fourth-order valence-electron chi connectivity index (χ4n) is 1.66. The molecular formula is C13H17N3S. The van der Waals surface area contributed by atoms with E-state index in [2.05, 4.69) is 29.4 Å². The lowest BCUT2D eigenvalue weighted by atomic mass is 10.1. The van der Waals surface area contributed by atoms with E-state index >= 15 is 0 Å². The molecule has 0 radical (unpaired) electrons. The van der Waals surface area contributed by atoms with Crippen LogP contribution in [0.1, 0.15) is 29.6 Å². The molecule has 3 nitrogen and oxygen atoms in total. The van der Waals surface area contributed by atoms with Gasteiger partial charge in [-0.25, -0.2) is 4.98 Å². The van der Waals surface area contributed by atoms with Crippen LogP contribution in [0.4, 0.5) is 0 Å². The van der Waals surface area contributed by atoms with E-state index in [0.717, 1.165) is 17.1 Å². The van der Waals surface area contributed by atoms with Crippen molar-refractivity contribution in [2.24, 2.45) is 5.73 Å². The number of benzene rings is 1. The minimum absolute atomic E-state index is 0.0265. The molecule has 2 atom stereocenters. The molecule has 0 spiro atoms. The van der Waals surface area contributed by atoms with Crippen molar-refractivity contribution < 1.29 is 0 Å². The Bertz CT molecular complexity index is 427. The summed E-state index contributed by atoms with van der Waals surface area (Å²) >= 11 is 1.66. The van der Waals surface area contributed by atoms with Gasteiger partial charge < -0.3 is 11.1 Å². The Hall–Kier alpha value is -1.23. The zero-order chi connectivity index (χ0) is 12.1. The van der Waals surface area contributed by atoms with E-state index in [9.17, 15) is 0 Å². The Kier molecular flexibility index (Phi) is 4.25. The highest BCUT2D eigenvalue weighted by molar-refractivity contribution is 7.09. The lowest BCUT2D eigenvalue weighted by Gasteiger charge is -2.16. The molecule has 0 saturated heterocycles. The highest BCUT2D eigenvalue weighted by Crippen LogP contribution is 2.16. The molecule has 2 rings (SSSR count). The van der Waals surface area contributed by atoms with Crippen LogP contribution in [0.2, 0.25) is 0 Å². The second kappa shape index (κ2) is 5.91. The first-order valence-corrected chi connectivity index (χ1v) is 6.58. The highest BCUT2D eigenvalue weighted by atomic mass is 32.1. The first-order chi connectivity index (χ1) is 8.27. The SMILES string of the molecule is CC(NC[C@@H](N)c1ccccc1)c1nccs1. The van der Waals surface area contributed by atoms with Crippen LogP contribution in [0.15, 0.2) is 41.9 Å². The molecule has 0 fully saturated rings. The lowest BCUT2D eigenvalue weighted by molar-refractivity contribution is 0.525. The van der Waals surface area contributed by atoms with Gasteiger partial charge in [-0.1, -0.05) is 30.3 Å². The summed E-state index contributed by atoms with van der Waals surface area (Å²) < 4.78 is 0. The molecule has 0 aliphatic heterocycles. The van der Waals surface area contributed by atoms with Crippen LogP contribution in [0.3, 0.4) is 0 Å². The zero-order valence-corrected chi connectivity index (χ0v) is 10.7. The standard InChI is InChI=1S/C13H17N3S/c1-10(13-15-7-8-17-13)16-9-12(14)11-5-3-2-4-6-11/h2-8,10,12,16H,9,14H2,1H3/t10?,12-/m1/s1. The van der Waals surface area contributed by atoms with Gasteiger partial charge >= 0.3 is 0 Å². The Labute approximate surface area is 106 Å². The Balaban J connectivity index is 1.86. The number of hydrogen-bond donors (Lipinski definition) is 2. The molecule has 0 bridgehead atoms. The molecular weight excluding hydrogens is 230 g/mol. The summed E-state index contributed by atoms with van der Waals surface area (Å²) in [6, 6.07) is 10.4. The first kappa shape index (κ1) is 12.2. The van der Waals surface area contributed by atoms with Crippen molar-refractivity contribution in [1.29, 1.82) is 0 Å². The number of hydrogen-bond acceptors (Lipinski definition) is 4. The number of nitrogens with zero attached hydrogens (tertiary/aromatic N) is 1. The third kappa shape index (κ3) is 3.36. The second-order valence-corrected chi connectivity index (χ2v) is 4.94. The van der Waals surface area contributed by atoms with Crippen molar-refractivity contribution in [3.05, 3.63) is 52.5 Å². The molecule has 90 valence electrons. The minimum atomic E-state index is 0.0265. The minimum Gasteiger partial charge on any atom is -0.323 e. The monoisotopic (exact) mass is 247 g/mol. The van der Waals surface area contributed by atoms with Crippen molar-refractivity contribution in [3.63, 3.8) is 0 Å². The van der Waals surface area contributed by atoms with Crippen molar-refractivity contribution >= 4 is 11.3 Å². The van der Waals surface area contributed by atoms with Crippen LogP contribution in [0.25, 0.3) is 0 Å². The van der Waals surface area contributed by atoms with Gasteiger partial charge in [-0.05, 0) is 12.5 Å². The molecule has 0 aliphatic carbocycles. The third-order valence-corrected chi connectivity index (χ3v) is 3.65. The van der Waals surface area contributed by atoms with Gasteiger partial charge in [-0.3, -0.25) is 0 Å². The predicted octanol–water partition coefficient (Wildman–Crippen LogP) is 2.49. The van der Waals surface area contributed by atoms with Crippen LogP contribution >= 0.6 is 11.3 Å². The summed E-state index contributed by atoms with van der Waals surface area (Å²) in [4.78, 5) is 4.28. The summed E-state index contributed by atoms with van der Waals surface area (Å²) in [5, 5.41) is 6.50. The van der Waals surface area contributed by atoms with Crippen LogP contribution in [-0.2, 0) is 0 Å². The van der Waals surface area contributed by atoms with Crippen LogP contribution in [0.5, 0.6) is 0 Å². The average molecular weight is 247 g/mol. The second-order valence-electron chi connectivity index (χ2n) is 4.02. The quantitative estimate of drug-likeness (QED) is 0.853. The number of aromatic nitrogens is 1. The van der Waals surface area contributed by atoms with Gasteiger partial charge in [0, 0.05) is 24.2 Å². The van der Waals surface area contributed by atoms with Gasteiger partial charge in [0.15, 0.2) is 0 Å². The van der Waals surface area contributed by atoms with Crippen LogP contribution in [-0.4, -0.2) is 11.5 Å². The predicted molar refractivity (Wildman–Crippen MR) is 71.9 cm³/mol. The molecule has 1 unspecified atom stereocenters. The molecule has 0 saturated carbocycles. The van der Waals surface area contributed by atoms with Crippen molar-refractivity contribution in [2.45, 2.75) is 19.0 Å². The molecule has 2 aromatic rings. The topological polar surface area (TPSA) is 50.9 Å². The summed E-state index contributed by atoms with van der Waals surface area (Å²) in [5.74, 6) is 0. The van der Waals surface area contributed by atoms with E-state index in [1.54, 1.807) is 11.3 Å². The molecule has 1 heterocycles. The van der Waals surface area contributed by atoms with E-state index in [1.807, 2.05) is 29.8 Å². The molecule has 0 aliphatic rings. The van der Waals surface area contributed by atoms with Crippen LogP contribution in [0, 0.1) is 0 Å². The molecule has 17 heavy (non-hydrogen) atoms. The number of rotatable bonds is 5. The normalized spacial score (nSPS) is 14.5. The molecule has 4 heteroatoms. The zero-order valence-electron chi connectivity index (χ0n) is 9.84. The molecule has 3 N–H and O–H groups in total. The van der Waals surface area contributed by atoms with Crippen molar-refractivity contribution in [3.8, 4) is 0 Å². The summed E-state index contributed by atoms with van der Waals surface area (Å²) in [6.45, 7) is 2.86. The van der Waals surface area contributed by atoms with Gasteiger partial charge in [0.25, 0.3) is 0 Å². The van der Waals surface area contributed by atoms with E-state index in [0.29, 0.717) is 0 Å². The van der Waals surface area contributed by atoms with Crippen molar-refractivity contribution in [1.82, 2.24) is 10.3 Å². The highest BCUT2D eigenvalue weighted by Gasteiger charge is 2.10. The maximum absolute atomic E-state index is 6.12. The van der Waals surface area contributed by atoms with Crippen molar-refractivity contribution in [2.75, 3.05) is 6.54 Å². The summed E-state index contributed by atoms with van der Waals surface area (Å²) in [7, 11) is 0. The Morgan fingerprint density at radius 2 is 2.12 bits per heavy atom. The molecule has 1 aromatic carbocycles. The number of nitrogens with one attached hydrogen (secondary N) is 1. The average Bonchev–Trinajstić information content (AvgIpc) is 2.90. The first-order valence-electron chi connectivity index (χ1n) is 5.70. The smallest absolute Gasteiger partial charge is 0.109 e. The van der Waals surface area contributed by atoms with E-state index in [4.69, 9.17) is 5.73 Å². The Morgan fingerprint density at radius 1 is 1.35 bits per heavy atom. The van der Waals surface area contributed by atoms with Gasteiger partial charge in [0.05, 0.1) is 6.04 Å². The summed E-state index contributed by atoms with van der Waals surface area (Å²) in [6.07, 6.45) is 1.83. The van der Waals surface area contributed by atoms with Gasteiger partial charge in [0.1, 0.15) is 5.01 Å². The number of thiazole rings is 1. The van der Waals surface area contributed by atoms with Crippen LogP contribution < -0.4 is 11.1 Å². The molecule has 1 aromatic heterocycles. The largest absolute Gasteiger partial charge is 0.323 e. The fourth-order valence-corrected chi connectivity index (χ4v) is 2.33. The van der Waals surface area contributed by atoms with E-state index in [-0.39, 0.29) is 12.1 Å². The van der Waals surface area contributed by atoms with E-state index in [1.165, 1.54) is 0 Å². The molecule has 0 amide bonds. The maximum atomic E-state index is 6.12. The van der Waals surface area contributed by atoms with Gasteiger partial charge in [-0.2, -0.15) is 0 Å². The van der Waals surface area contributed by atoms with Gasteiger partial charge in [-0.15, -0.1) is 11.3 Å². The fraction of sp³-hybridized carbons (Fsp3) is 0.308. The Morgan fingerprint density at radius 3 is 2.76 bits per heavy atom. The number of nitrogens with two attached hydrogens (primary N) is 1. The maximum Gasteiger partial charge on any atom is 0.109 e. The van der Waals surface area contributed by atoms with Gasteiger partial charge in [0.2, 0.25) is 0 Å².